The van der Waals surface area contributed by atoms with E-state index in [9.17, 15) is 9.18 Å². The van der Waals surface area contributed by atoms with Crippen molar-refractivity contribution in [1.29, 1.82) is 0 Å². The monoisotopic (exact) mass is 411 g/mol. The van der Waals surface area contributed by atoms with Crippen LogP contribution >= 0.6 is 0 Å². The van der Waals surface area contributed by atoms with Crippen LogP contribution in [0.1, 0.15) is 5.56 Å². The fraction of sp³-hybridized carbons (Fsp3) is 0.227. The molecule has 0 unspecified atom stereocenters. The van der Waals surface area contributed by atoms with Crippen molar-refractivity contribution in [3.8, 4) is 28.6 Å². The number of halogens is 1. The Hall–Kier alpha value is -3.68. The van der Waals surface area contributed by atoms with Gasteiger partial charge in [-0.15, -0.1) is 10.2 Å². The minimum absolute atomic E-state index is 0.136. The fourth-order valence-corrected chi connectivity index (χ4v) is 2.76. The maximum atomic E-state index is 13.0. The average Bonchev–Trinajstić information content (AvgIpc) is 2.77. The lowest BCUT2D eigenvalue weighted by Crippen LogP contribution is -2.29. The van der Waals surface area contributed by atoms with Crippen molar-refractivity contribution in [3.05, 3.63) is 66.0 Å². The van der Waals surface area contributed by atoms with Crippen molar-refractivity contribution in [1.82, 2.24) is 15.5 Å². The SMILES string of the molecule is COc1ccc(CC(=O)NCCOc2ccc(-c3ccc(F)cc3)nn2)cc1OC. The first-order valence-corrected chi connectivity index (χ1v) is 9.29. The van der Waals surface area contributed by atoms with Gasteiger partial charge < -0.3 is 19.5 Å². The molecule has 0 atom stereocenters. The van der Waals surface area contributed by atoms with Crippen LogP contribution in [0.2, 0.25) is 0 Å². The minimum Gasteiger partial charge on any atom is -0.493 e. The van der Waals surface area contributed by atoms with E-state index in [0.717, 1.165) is 11.1 Å². The number of nitrogens with zero attached hydrogens (tertiary/aromatic N) is 2. The summed E-state index contributed by atoms with van der Waals surface area (Å²) in [6.07, 6.45) is 0.215. The van der Waals surface area contributed by atoms with Crippen molar-refractivity contribution < 1.29 is 23.4 Å². The number of amides is 1. The molecule has 7 nitrogen and oxygen atoms in total. The zero-order valence-corrected chi connectivity index (χ0v) is 16.7. The number of ether oxygens (including phenoxy) is 3. The summed E-state index contributed by atoms with van der Waals surface area (Å²) in [6.45, 7) is 0.579. The average molecular weight is 411 g/mol. The van der Waals surface area contributed by atoms with Gasteiger partial charge in [0, 0.05) is 11.6 Å². The summed E-state index contributed by atoms with van der Waals surface area (Å²) in [5.74, 6) is 1.09. The van der Waals surface area contributed by atoms with Gasteiger partial charge in [0.05, 0.1) is 32.9 Å². The highest BCUT2D eigenvalue weighted by molar-refractivity contribution is 5.78. The lowest BCUT2D eigenvalue weighted by molar-refractivity contribution is -0.120. The van der Waals surface area contributed by atoms with Crippen molar-refractivity contribution in [2.24, 2.45) is 0 Å². The molecular weight excluding hydrogens is 389 g/mol. The Bertz CT molecular complexity index is 979. The highest BCUT2D eigenvalue weighted by Crippen LogP contribution is 2.27. The van der Waals surface area contributed by atoms with Crippen molar-refractivity contribution in [3.63, 3.8) is 0 Å². The minimum atomic E-state index is -0.306. The normalized spacial score (nSPS) is 10.4. The Kier molecular flexibility index (Phi) is 7.15. The molecule has 1 N–H and O–H groups in total. The summed E-state index contributed by atoms with van der Waals surface area (Å²) in [6, 6.07) is 14.8. The molecule has 2 aromatic carbocycles. The number of hydrogen-bond donors (Lipinski definition) is 1. The molecule has 3 aromatic rings. The first-order chi connectivity index (χ1) is 14.6. The summed E-state index contributed by atoms with van der Waals surface area (Å²) < 4.78 is 28.9. The predicted octanol–water partition coefficient (Wildman–Crippen LogP) is 3.04. The number of aromatic nitrogens is 2. The lowest BCUT2D eigenvalue weighted by atomic mass is 10.1. The molecule has 8 heteroatoms. The van der Waals surface area contributed by atoms with Crippen LogP contribution in [-0.2, 0) is 11.2 Å². The van der Waals surface area contributed by atoms with E-state index in [-0.39, 0.29) is 24.8 Å². The van der Waals surface area contributed by atoms with Crippen LogP contribution in [0.3, 0.4) is 0 Å². The predicted molar refractivity (Wildman–Crippen MR) is 109 cm³/mol. The number of carbonyl (C=O) groups is 1. The quantitative estimate of drug-likeness (QED) is 0.545. The molecule has 1 aromatic heterocycles. The smallest absolute Gasteiger partial charge is 0.233 e. The third kappa shape index (κ3) is 5.66. The molecule has 0 aliphatic carbocycles. The zero-order chi connectivity index (χ0) is 21.3. The lowest BCUT2D eigenvalue weighted by Gasteiger charge is -2.10. The van der Waals surface area contributed by atoms with Crippen LogP contribution in [0.4, 0.5) is 4.39 Å². The van der Waals surface area contributed by atoms with Gasteiger partial charge in [-0.2, -0.15) is 0 Å². The Labute approximate surface area is 173 Å². The summed E-state index contributed by atoms with van der Waals surface area (Å²) in [7, 11) is 3.11. The fourth-order valence-electron chi connectivity index (χ4n) is 2.76. The Morgan fingerprint density at radius 3 is 2.40 bits per heavy atom. The summed E-state index contributed by atoms with van der Waals surface area (Å²) in [4.78, 5) is 12.1. The maximum absolute atomic E-state index is 13.0. The van der Waals surface area contributed by atoms with Gasteiger partial charge in [-0.05, 0) is 48.0 Å². The van der Waals surface area contributed by atoms with Gasteiger partial charge in [0.25, 0.3) is 0 Å². The van der Waals surface area contributed by atoms with Crippen LogP contribution in [-0.4, -0.2) is 43.5 Å². The second-order valence-corrected chi connectivity index (χ2v) is 6.33. The van der Waals surface area contributed by atoms with Crippen molar-refractivity contribution in [2.45, 2.75) is 6.42 Å². The second-order valence-electron chi connectivity index (χ2n) is 6.33. The number of carbonyl (C=O) groups excluding carboxylic acids is 1. The first-order valence-electron chi connectivity index (χ1n) is 9.29. The van der Waals surface area contributed by atoms with Crippen LogP contribution in [0, 0.1) is 5.82 Å². The number of methoxy groups -OCH3 is 2. The van der Waals surface area contributed by atoms with E-state index in [0.29, 0.717) is 29.6 Å². The molecule has 0 aliphatic rings. The molecule has 1 heterocycles. The number of hydrogen-bond acceptors (Lipinski definition) is 6. The van der Waals surface area contributed by atoms with Gasteiger partial charge >= 0.3 is 0 Å². The second kappa shape index (κ2) is 10.2. The van der Waals surface area contributed by atoms with Crippen LogP contribution < -0.4 is 19.5 Å². The van der Waals surface area contributed by atoms with Gasteiger partial charge in [-0.25, -0.2) is 4.39 Å². The standard InChI is InChI=1S/C22H22FN3O4/c1-28-19-9-3-15(13-20(19)29-2)14-21(27)24-11-12-30-22-10-8-18(25-26-22)16-4-6-17(23)7-5-16/h3-10,13H,11-12,14H2,1-2H3,(H,24,27). The highest BCUT2D eigenvalue weighted by atomic mass is 19.1. The molecule has 30 heavy (non-hydrogen) atoms. The molecule has 0 fully saturated rings. The third-order valence-electron chi connectivity index (χ3n) is 4.27. The van der Waals surface area contributed by atoms with Gasteiger partial charge in [0.1, 0.15) is 12.4 Å². The topological polar surface area (TPSA) is 82.6 Å². The molecule has 3 rings (SSSR count). The van der Waals surface area contributed by atoms with E-state index < -0.39 is 0 Å². The zero-order valence-electron chi connectivity index (χ0n) is 16.7. The molecule has 0 saturated heterocycles. The molecule has 0 saturated carbocycles. The van der Waals surface area contributed by atoms with Gasteiger partial charge in [-0.3, -0.25) is 4.79 Å². The largest absolute Gasteiger partial charge is 0.493 e. The number of rotatable bonds is 9. The Balaban J connectivity index is 1.43. The van der Waals surface area contributed by atoms with E-state index in [1.165, 1.54) is 12.1 Å². The summed E-state index contributed by atoms with van der Waals surface area (Å²) in [5.41, 5.74) is 2.19. The van der Waals surface area contributed by atoms with Gasteiger partial charge in [-0.1, -0.05) is 6.07 Å². The highest BCUT2D eigenvalue weighted by Gasteiger charge is 2.08. The summed E-state index contributed by atoms with van der Waals surface area (Å²) in [5, 5.41) is 10.9. The van der Waals surface area contributed by atoms with E-state index in [2.05, 4.69) is 15.5 Å². The van der Waals surface area contributed by atoms with E-state index in [1.807, 2.05) is 6.07 Å². The molecule has 0 spiro atoms. The van der Waals surface area contributed by atoms with E-state index >= 15 is 0 Å². The van der Waals surface area contributed by atoms with Crippen LogP contribution in [0.5, 0.6) is 17.4 Å². The first kappa shape index (κ1) is 21.0. The number of benzene rings is 2. The summed E-state index contributed by atoms with van der Waals surface area (Å²) >= 11 is 0. The Morgan fingerprint density at radius 2 is 1.73 bits per heavy atom. The maximum Gasteiger partial charge on any atom is 0.233 e. The molecule has 0 radical (unpaired) electrons. The van der Waals surface area contributed by atoms with E-state index in [1.54, 1.807) is 50.6 Å². The van der Waals surface area contributed by atoms with Crippen LogP contribution in [0.15, 0.2) is 54.6 Å². The molecule has 156 valence electrons. The van der Waals surface area contributed by atoms with E-state index in [4.69, 9.17) is 14.2 Å². The number of nitrogens with one attached hydrogen (secondary N) is 1. The Morgan fingerprint density at radius 1 is 0.967 bits per heavy atom. The van der Waals surface area contributed by atoms with Crippen LogP contribution in [0.25, 0.3) is 11.3 Å². The molecule has 0 bridgehead atoms. The van der Waals surface area contributed by atoms with Crippen molar-refractivity contribution >= 4 is 5.91 Å². The van der Waals surface area contributed by atoms with Gasteiger partial charge in [0.2, 0.25) is 11.8 Å². The van der Waals surface area contributed by atoms with Crippen molar-refractivity contribution in [2.75, 3.05) is 27.4 Å². The molecular formula is C22H22FN3O4. The van der Waals surface area contributed by atoms with Gasteiger partial charge in [0.15, 0.2) is 11.5 Å². The molecule has 0 aliphatic heterocycles. The third-order valence-corrected chi connectivity index (χ3v) is 4.27. The molecule has 1 amide bonds.